The van der Waals surface area contributed by atoms with Crippen molar-refractivity contribution in [3.05, 3.63) is 35.4 Å². The van der Waals surface area contributed by atoms with Gasteiger partial charge in [-0.15, -0.1) is 0 Å². The van der Waals surface area contributed by atoms with E-state index < -0.39 is 0 Å². The molecule has 0 bridgehead atoms. The maximum absolute atomic E-state index is 12.8. The third-order valence-electron chi connectivity index (χ3n) is 6.77. The maximum atomic E-state index is 12.8. The van der Waals surface area contributed by atoms with Crippen LogP contribution in [0.2, 0.25) is 0 Å². The van der Waals surface area contributed by atoms with Crippen LogP contribution in [0.4, 0.5) is 0 Å². The molecule has 5 nitrogen and oxygen atoms in total. The van der Waals surface area contributed by atoms with Gasteiger partial charge in [0, 0.05) is 18.5 Å². The summed E-state index contributed by atoms with van der Waals surface area (Å²) in [5, 5.41) is 3.32. The first-order valence-corrected chi connectivity index (χ1v) is 9.29. The molecule has 4 aliphatic rings. The molecule has 5 rings (SSSR count). The van der Waals surface area contributed by atoms with Gasteiger partial charge in [0.25, 0.3) is 0 Å². The van der Waals surface area contributed by atoms with Gasteiger partial charge in [-0.1, -0.05) is 29.8 Å². The number of aryl methyl sites for hydroxylation is 1. The second-order valence-electron chi connectivity index (χ2n) is 8.48. The van der Waals surface area contributed by atoms with Crippen LogP contribution in [0.15, 0.2) is 24.3 Å². The summed E-state index contributed by atoms with van der Waals surface area (Å²) >= 11 is 0. The fourth-order valence-electron chi connectivity index (χ4n) is 5.20. The molecule has 0 radical (unpaired) electrons. The number of hydrogen-bond donors (Lipinski definition) is 1. The molecule has 3 heterocycles. The molecule has 25 heavy (non-hydrogen) atoms. The predicted octanol–water partition coefficient (Wildman–Crippen LogP) is 1.53. The number of likely N-dealkylation sites (tertiary alicyclic amines) is 1. The first-order chi connectivity index (χ1) is 12.0. The number of nitrogens with one attached hydrogen (secondary N) is 1. The SMILES string of the molecule is Cc1cccc(C23CCN(C(=O)[C@@H]4C[C@]5(COC(=O)C5)N4)CC2C3)c1. The number of hydrogen-bond acceptors (Lipinski definition) is 4. The highest BCUT2D eigenvalue weighted by atomic mass is 16.5. The van der Waals surface area contributed by atoms with Crippen molar-refractivity contribution in [2.45, 2.75) is 49.6 Å². The van der Waals surface area contributed by atoms with Crippen molar-refractivity contribution in [3.63, 3.8) is 0 Å². The second-order valence-corrected chi connectivity index (χ2v) is 8.48. The van der Waals surface area contributed by atoms with Crippen molar-refractivity contribution in [2.75, 3.05) is 19.7 Å². The molecule has 1 aromatic carbocycles. The third-order valence-corrected chi connectivity index (χ3v) is 6.77. The quantitative estimate of drug-likeness (QED) is 0.830. The molecule has 1 N–H and O–H groups in total. The fourth-order valence-corrected chi connectivity index (χ4v) is 5.20. The van der Waals surface area contributed by atoms with E-state index in [1.54, 1.807) is 0 Å². The van der Waals surface area contributed by atoms with Crippen LogP contribution >= 0.6 is 0 Å². The van der Waals surface area contributed by atoms with Gasteiger partial charge < -0.3 is 9.64 Å². The Morgan fingerprint density at radius 2 is 2.20 bits per heavy atom. The number of carbonyl (C=O) groups excluding carboxylic acids is 2. The Balaban J connectivity index is 1.22. The van der Waals surface area contributed by atoms with Crippen molar-refractivity contribution >= 4 is 11.9 Å². The van der Waals surface area contributed by atoms with Gasteiger partial charge >= 0.3 is 5.97 Å². The van der Waals surface area contributed by atoms with Gasteiger partial charge in [-0.2, -0.15) is 0 Å². The molecular weight excluding hydrogens is 316 g/mol. The molecule has 1 aromatic rings. The van der Waals surface area contributed by atoms with E-state index in [1.165, 1.54) is 17.5 Å². The molecule has 0 aromatic heterocycles. The number of ether oxygens (including phenoxy) is 1. The summed E-state index contributed by atoms with van der Waals surface area (Å²) in [6.45, 7) is 4.26. The Morgan fingerprint density at radius 1 is 1.36 bits per heavy atom. The lowest BCUT2D eigenvalue weighted by Crippen LogP contribution is -2.69. The zero-order chi connectivity index (χ0) is 17.2. The van der Waals surface area contributed by atoms with Crippen LogP contribution in [0, 0.1) is 12.8 Å². The standard InChI is InChI=1S/C20H24N2O3/c1-13-3-2-4-14(7-13)20-5-6-22(11-15(20)8-20)18(24)16-9-19(21-16)10-17(23)25-12-19/h2-4,7,15-16,21H,5-6,8-12H2,1H3/t15?,16-,19-,20?/m0/s1. The summed E-state index contributed by atoms with van der Waals surface area (Å²) in [6, 6.07) is 8.71. The van der Waals surface area contributed by atoms with Crippen molar-refractivity contribution in [1.29, 1.82) is 0 Å². The number of amides is 1. The Hall–Kier alpha value is -1.88. The van der Waals surface area contributed by atoms with E-state index in [4.69, 9.17) is 4.74 Å². The van der Waals surface area contributed by atoms with Crippen molar-refractivity contribution in [2.24, 2.45) is 5.92 Å². The average molecular weight is 340 g/mol. The molecule has 1 saturated carbocycles. The Bertz CT molecular complexity index is 755. The molecule has 1 spiro atoms. The van der Waals surface area contributed by atoms with E-state index in [0.29, 0.717) is 24.4 Å². The van der Waals surface area contributed by atoms with Gasteiger partial charge in [-0.25, -0.2) is 0 Å². The topological polar surface area (TPSA) is 58.6 Å². The molecule has 1 aliphatic carbocycles. The zero-order valence-electron chi connectivity index (χ0n) is 14.6. The molecule has 3 saturated heterocycles. The Kier molecular flexibility index (Phi) is 3.12. The minimum Gasteiger partial charge on any atom is -0.464 e. The number of rotatable bonds is 2. The predicted molar refractivity (Wildman–Crippen MR) is 92.0 cm³/mol. The number of fused-ring (bicyclic) bond motifs is 1. The Morgan fingerprint density at radius 3 is 2.88 bits per heavy atom. The highest BCUT2D eigenvalue weighted by Crippen LogP contribution is 2.59. The summed E-state index contributed by atoms with van der Waals surface area (Å²) in [5.74, 6) is 0.643. The normalized spacial score (nSPS) is 38.9. The summed E-state index contributed by atoms with van der Waals surface area (Å²) in [7, 11) is 0. The second kappa shape index (κ2) is 5.07. The van der Waals surface area contributed by atoms with E-state index in [1.807, 2.05) is 4.90 Å². The lowest BCUT2D eigenvalue weighted by Gasteiger charge is -2.46. The maximum Gasteiger partial charge on any atom is 0.307 e. The van der Waals surface area contributed by atoms with Crippen LogP contribution in [0.25, 0.3) is 0 Å². The van der Waals surface area contributed by atoms with Gasteiger partial charge in [-0.05, 0) is 37.7 Å². The number of cyclic esters (lactones) is 1. The zero-order valence-corrected chi connectivity index (χ0v) is 14.6. The van der Waals surface area contributed by atoms with Crippen molar-refractivity contribution in [1.82, 2.24) is 10.2 Å². The van der Waals surface area contributed by atoms with E-state index in [9.17, 15) is 9.59 Å². The molecule has 5 heteroatoms. The van der Waals surface area contributed by atoms with Gasteiger partial charge in [0.05, 0.1) is 18.0 Å². The third kappa shape index (κ3) is 2.32. The Labute approximate surface area is 147 Å². The van der Waals surface area contributed by atoms with Crippen LogP contribution in [0.5, 0.6) is 0 Å². The molecule has 3 aliphatic heterocycles. The van der Waals surface area contributed by atoms with Crippen molar-refractivity contribution in [3.8, 4) is 0 Å². The van der Waals surface area contributed by atoms with E-state index in [-0.39, 0.29) is 23.5 Å². The largest absolute Gasteiger partial charge is 0.464 e. The average Bonchev–Trinajstić information content (AvgIpc) is 3.19. The molecule has 132 valence electrons. The van der Waals surface area contributed by atoms with E-state index in [2.05, 4.69) is 36.5 Å². The minimum absolute atomic E-state index is 0.139. The summed E-state index contributed by atoms with van der Waals surface area (Å²) < 4.78 is 5.05. The first-order valence-electron chi connectivity index (χ1n) is 9.29. The molecular formula is C20H24N2O3. The van der Waals surface area contributed by atoms with Crippen molar-refractivity contribution < 1.29 is 14.3 Å². The monoisotopic (exact) mass is 340 g/mol. The van der Waals surface area contributed by atoms with Gasteiger partial charge in [0.2, 0.25) is 5.91 Å². The molecule has 4 atom stereocenters. The highest BCUT2D eigenvalue weighted by molar-refractivity contribution is 5.85. The molecule has 1 amide bonds. The van der Waals surface area contributed by atoms with E-state index >= 15 is 0 Å². The highest BCUT2D eigenvalue weighted by Gasteiger charge is 2.59. The summed E-state index contributed by atoms with van der Waals surface area (Å²) in [5.41, 5.74) is 2.81. The van der Waals surface area contributed by atoms with Crippen LogP contribution in [-0.4, -0.2) is 48.1 Å². The molecule has 2 unspecified atom stereocenters. The number of piperidine rings is 1. The lowest BCUT2D eigenvalue weighted by molar-refractivity contribution is -0.139. The number of esters is 1. The van der Waals surface area contributed by atoms with Gasteiger partial charge in [-0.3, -0.25) is 14.9 Å². The minimum atomic E-state index is -0.266. The van der Waals surface area contributed by atoms with E-state index in [0.717, 1.165) is 25.9 Å². The van der Waals surface area contributed by atoms with Crippen LogP contribution in [0.3, 0.4) is 0 Å². The smallest absolute Gasteiger partial charge is 0.307 e. The molecule has 4 fully saturated rings. The fraction of sp³-hybridized carbons (Fsp3) is 0.600. The lowest BCUT2D eigenvalue weighted by atomic mass is 9.79. The van der Waals surface area contributed by atoms with Gasteiger partial charge in [0.1, 0.15) is 6.61 Å². The number of nitrogens with zero attached hydrogens (tertiary/aromatic N) is 1. The van der Waals surface area contributed by atoms with Gasteiger partial charge in [0.15, 0.2) is 0 Å². The van der Waals surface area contributed by atoms with Crippen LogP contribution in [-0.2, 0) is 19.7 Å². The summed E-state index contributed by atoms with van der Waals surface area (Å²) in [6.07, 6.45) is 3.38. The number of carbonyl (C=O) groups is 2. The first kappa shape index (κ1) is 15.4. The van der Waals surface area contributed by atoms with Crippen LogP contribution < -0.4 is 5.32 Å². The number of benzene rings is 1. The van der Waals surface area contributed by atoms with Crippen LogP contribution in [0.1, 0.15) is 36.8 Å². The summed E-state index contributed by atoms with van der Waals surface area (Å²) in [4.78, 5) is 26.1.